The summed E-state index contributed by atoms with van der Waals surface area (Å²) < 4.78 is 12.8. The largest absolute Gasteiger partial charge is 0.493 e. The average Bonchev–Trinajstić information content (AvgIpc) is 3.13. The molecule has 0 spiro atoms. The number of amides is 1. The first-order valence-corrected chi connectivity index (χ1v) is 10.4. The number of nitrogens with two attached hydrogens (primary N) is 1. The summed E-state index contributed by atoms with van der Waals surface area (Å²) in [6, 6.07) is 24.1. The summed E-state index contributed by atoms with van der Waals surface area (Å²) in [5.74, 6) is 1.83. The molecule has 0 aliphatic rings. The topological polar surface area (TPSA) is 116 Å². The van der Waals surface area contributed by atoms with Gasteiger partial charge in [0.25, 0.3) is 5.91 Å². The van der Waals surface area contributed by atoms with Gasteiger partial charge in [0, 0.05) is 12.7 Å². The minimum atomic E-state index is -0.491. The van der Waals surface area contributed by atoms with Gasteiger partial charge in [-0.25, -0.2) is 10.1 Å². The number of hydrazone groups is 1. The number of nitrogens with one attached hydrogen (secondary N) is 2. The van der Waals surface area contributed by atoms with Crippen molar-refractivity contribution in [1.29, 1.82) is 0 Å². The molecule has 4 aromatic rings. The second-order valence-corrected chi connectivity index (χ2v) is 7.25. The van der Waals surface area contributed by atoms with E-state index in [0.717, 1.165) is 5.69 Å². The molecule has 9 nitrogen and oxygen atoms in total. The molecule has 4 N–H and O–H groups in total. The molecule has 172 valence electrons. The molecule has 0 aliphatic heterocycles. The average molecular weight is 457 g/mol. The van der Waals surface area contributed by atoms with E-state index in [1.54, 1.807) is 32.4 Å². The number of hydrogen-bond donors (Lipinski definition) is 3. The van der Waals surface area contributed by atoms with Crippen molar-refractivity contribution in [3.8, 4) is 17.2 Å². The summed E-state index contributed by atoms with van der Waals surface area (Å²) >= 11 is 0. The molecule has 0 saturated carbocycles. The van der Waals surface area contributed by atoms with Crippen molar-refractivity contribution in [3.63, 3.8) is 0 Å². The third kappa shape index (κ3) is 5.16. The van der Waals surface area contributed by atoms with Crippen LogP contribution in [0.5, 0.6) is 17.2 Å². The Morgan fingerprint density at radius 1 is 1.03 bits per heavy atom. The highest BCUT2D eigenvalue weighted by Gasteiger charge is 2.21. The fraction of sp³-hybridized carbons (Fsp3) is 0.0800. The van der Waals surface area contributed by atoms with Gasteiger partial charge in [-0.2, -0.15) is 10.2 Å². The van der Waals surface area contributed by atoms with Crippen molar-refractivity contribution in [1.82, 2.24) is 15.2 Å². The zero-order valence-electron chi connectivity index (χ0n) is 18.7. The van der Waals surface area contributed by atoms with Gasteiger partial charge in [0.1, 0.15) is 17.1 Å². The summed E-state index contributed by atoms with van der Waals surface area (Å²) in [4.78, 5) is 12.8. The Balaban J connectivity index is 1.50. The van der Waals surface area contributed by atoms with Crippen LogP contribution in [0.15, 0.2) is 84.0 Å². The van der Waals surface area contributed by atoms with Crippen molar-refractivity contribution >= 4 is 29.4 Å². The molecule has 1 heterocycles. The first-order valence-electron chi connectivity index (χ1n) is 10.4. The van der Waals surface area contributed by atoms with Gasteiger partial charge in [0.05, 0.1) is 13.3 Å². The summed E-state index contributed by atoms with van der Waals surface area (Å²) in [6.45, 7) is 0. The zero-order chi connectivity index (χ0) is 23.9. The Kier molecular flexibility index (Phi) is 6.73. The molecule has 0 aliphatic carbocycles. The highest BCUT2D eigenvalue weighted by Crippen LogP contribution is 2.32. The van der Waals surface area contributed by atoms with Crippen molar-refractivity contribution < 1.29 is 14.3 Å². The van der Waals surface area contributed by atoms with E-state index in [2.05, 4.69) is 20.9 Å². The molecule has 4 rings (SSSR count). The van der Waals surface area contributed by atoms with Gasteiger partial charge in [-0.15, -0.1) is 0 Å². The lowest BCUT2D eigenvalue weighted by molar-refractivity contribution is 0.0957. The number of benzene rings is 3. The lowest BCUT2D eigenvalue weighted by Crippen LogP contribution is -2.20. The van der Waals surface area contributed by atoms with Crippen LogP contribution in [0.2, 0.25) is 0 Å². The maximum absolute atomic E-state index is 12.8. The smallest absolute Gasteiger partial charge is 0.278 e. The predicted octanol–water partition coefficient (Wildman–Crippen LogP) is 4.31. The Labute approximate surface area is 196 Å². The number of aryl methyl sites for hydroxylation is 1. The highest BCUT2D eigenvalue weighted by molar-refractivity contribution is 6.04. The van der Waals surface area contributed by atoms with Gasteiger partial charge in [0.15, 0.2) is 17.3 Å². The van der Waals surface area contributed by atoms with Crippen LogP contribution in [0.3, 0.4) is 0 Å². The van der Waals surface area contributed by atoms with Crippen LogP contribution < -0.4 is 25.9 Å². The van der Waals surface area contributed by atoms with E-state index in [4.69, 9.17) is 15.2 Å². The van der Waals surface area contributed by atoms with Gasteiger partial charge < -0.3 is 20.5 Å². The predicted molar refractivity (Wildman–Crippen MR) is 132 cm³/mol. The van der Waals surface area contributed by atoms with Crippen LogP contribution in [0.25, 0.3) is 0 Å². The van der Waals surface area contributed by atoms with Crippen LogP contribution in [0.4, 0.5) is 17.3 Å². The molecule has 0 atom stereocenters. The SMILES string of the molecule is COc1ccc(/C=N/NC(=O)c2c(N)nn(C)c2Nc2ccccc2)cc1Oc1ccccc1. The van der Waals surface area contributed by atoms with E-state index in [-0.39, 0.29) is 11.4 Å². The lowest BCUT2D eigenvalue weighted by atomic mass is 10.2. The third-order valence-corrected chi connectivity index (χ3v) is 4.88. The number of nitrogens with zero attached hydrogens (tertiary/aromatic N) is 3. The quantitative estimate of drug-likeness (QED) is 0.269. The third-order valence-electron chi connectivity index (χ3n) is 4.88. The Morgan fingerprint density at radius 3 is 2.44 bits per heavy atom. The number of anilines is 3. The molecule has 9 heteroatoms. The van der Waals surface area contributed by atoms with Crippen LogP contribution in [-0.4, -0.2) is 29.0 Å². The summed E-state index contributed by atoms with van der Waals surface area (Å²) in [5, 5.41) is 11.4. The minimum absolute atomic E-state index is 0.0941. The van der Waals surface area contributed by atoms with Crippen LogP contribution in [0, 0.1) is 0 Å². The molecule has 0 saturated heterocycles. The van der Waals surface area contributed by atoms with Gasteiger partial charge in [-0.1, -0.05) is 36.4 Å². The molecular weight excluding hydrogens is 432 g/mol. The minimum Gasteiger partial charge on any atom is -0.493 e. The summed E-state index contributed by atoms with van der Waals surface area (Å²) in [5.41, 5.74) is 10.2. The van der Waals surface area contributed by atoms with Crippen LogP contribution in [0.1, 0.15) is 15.9 Å². The molecule has 1 amide bonds. The molecular formula is C25H24N6O3. The molecule has 0 fully saturated rings. The standard InChI is InChI=1S/C25H24N6O3/c1-31-24(28-18-9-5-3-6-10-18)22(23(26)30-31)25(32)29-27-16-17-13-14-20(33-2)21(15-17)34-19-11-7-4-8-12-19/h3-16,28H,1-2H3,(H2,26,30)(H,29,32)/b27-16+. The van der Waals surface area contributed by atoms with E-state index >= 15 is 0 Å². The second-order valence-electron chi connectivity index (χ2n) is 7.25. The molecule has 0 unspecified atom stereocenters. The number of aromatic nitrogens is 2. The number of rotatable bonds is 8. The lowest BCUT2D eigenvalue weighted by Gasteiger charge is -2.11. The molecule has 3 aromatic carbocycles. The number of hydrogen-bond acceptors (Lipinski definition) is 7. The van der Waals surface area contributed by atoms with E-state index in [1.165, 1.54) is 10.9 Å². The van der Waals surface area contributed by atoms with E-state index in [9.17, 15) is 4.79 Å². The van der Waals surface area contributed by atoms with Crippen molar-refractivity contribution in [2.24, 2.45) is 12.1 Å². The Bertz CT molecular complexity index is 1300. The van der Waals surface area contributed by atoms with Crippen LogP contribution in [-0.2, 0) is 7.05 Å². The number of para-hydroxylation sites is 2. The number of ether oxygens (including phenoxy) is 2. The summed E-state index contributed by atoms with van der Waals surface area (Å²) in [7, 11) is 3.27. The number of nitrogen functional groups attached to an aromatic ring is 1. The van der Waals surface area contributed by atoms with E-state index in [0.29, 0.717) is 28.6 Å². The first kappa shape index (κ1) is 22.4. The van der Waals surface area contributed by atoms with E-state index in [1.807, 2.05) is 60.7 Å². The Morgan fingerprint density at radius 2 is 1.74 bits per heavy atom. The molecule has 0 bridgehead atoms. The van der Waals surface area contributed by atoms with Crippen molar-refractivity contribution in [2.45, 2.75) is 0 Å². The normalized spacial score (nSPS) is 10.8. The Hall–Kier alpha value is -4.79. The first-order chi connectivity index (χ1) is 16.5. The van der Waals surface area contributed by atoms with Gasteiger partial charge >= 0.3 is 0 Å². The zero-order valence-corrected chi connectivity index (χ0v) is 18.7. The molecule has 1 aromatic heterocycles. The molecule has 34 heavy (non-hydrogen) atoms. The number of carbonyl (C=O) groups excluding carboxylic acids is 1. The maximum Gasteiger partial charge on any atom is 0.278 e. The van der Waals surface area contributed by atoms with Gasteiger partial charge in [-0.3, -0.25) is 4.79 Å². The monoisotopic (exact) mass is 456 g/mol. The fourth-order valence-electron chi connectivity index (χ4n) is 3.26. The fourth-order valence-corrected chi connectivity index (χ4v) is 3.26. The number of methoxy groups -OCH3 is 1. The van der Waals surface area contributed by atoms with Gasteiger partial charge in [-0.05, 0) is 48.0 Å². The van der Waals surface area contributed by atoms with Crippen LogP contribution >= 0.6 is 0 Å². The molecule has 0 radical (unpaired) electrons. The van der Waals surface area contributed by atoms with Gasteiger partial charge in [0.2, 0.25) is 0 Å². The maximum atomic E-state index is 12.8. The second kappa shape index (κ2) is 10.2. The highest BCUT2D eigenvalue weighted by atomic mass is 16.5. The van der Waals surface area contributed by atoms with E-state index < -0.39 is 5.91 Å². The number of carbonyl (C=O) groups is 1. The summed E-state index contributed by atoms with van der Waals surface area (Å²) in [6.07, 6.45) is 1.51. The van der Waals surface area contributed by atoms with Crippen molar-refractivity contribution in [2.75, 3.05) is 18.2 Å². The van der Waals surface area contributed by atoms with Crippen molar-refractivity contribution in [3.05, 3.63) is 90.0 Å².